The van der Waals surface area contributed by atoms with Gasteiger partial charge in [-0.2, -0.15) is 0 Å². The van der Waals surface area contributed by atoms with E-state index in [1.54, 1.807) is 0 Å². The van der Waals surface area contributed by atoms with E-state index >= 15 is 0 Å². The number of Topliss-reactive ketones (excluding diaryl/α,β-unsaturated/α-hetero) is 1. The largest absolute Gasteiger partial charge is 0.469 e. The molecule has 1 N–H and O–H groups in total. The van der Waals surface area contributed by atoms with Gasteiger partial charge in [-0.05, 0) is 19.3 Å². The Morgan fingerprint density at radius 2 is 2.30 bits per heavy atom. The Labute approximate surface area is 117 Å². The molecular formula is C14H20O6. The van der Waals surface area contributed by atoms with E-state index in [-0.39, 0.29) is 24.3 Å². The molecule has 2 aliphatic rings. The lowest BCUT2D eigenvalue weighted by Crippen LogP contribution is -2.34. The molecule has 1 saturated heterocycles. The maximum absolute atomic E-state index is 11.8. The van der Waals surface area contributed by atoms with E-state index in [0.29, 0.717) is 32.0 Å². The van der Waals surface area contributed by atoms with Gasteiger partial charge in [0.15, 0.2) is 12.1 Å². The maximum Gasteiger partial charge on any atom is 0.305 e. The van der Waals surface area contributed by atoms with Crippen LogP contribution in [0.4, 0.5) is 0 Å². The number of carbonyl (C=O) groups excluding carboxylic acids is 3. The van der Waals surface area contributed by atoms with Gasteiger partial charge in [-0.25, -0.2) is 0 Å². The fraction of sp³-hybridized carbons (Fsp3) is 0.786. The molecule has 6 nitrogen and oxygen atoms in total. The van der Waals surface area contributed by atoms with E-state index in [4.69, 9.17) is 4.74 Å². The smallest absolute Gasteiger partial charge is 0.305 e. The molecule has 6 heteroatoms. The summed E-state index contributed by atoms with van der Waals surface area (Å²) >= 11 is 0. The molecule has 0 aromatic rings. The second-order valence-electron chi connectivity index (χ2n) is 5.55. The number of unbranched alkanes of at least 4 members (excludes halogenated alkanes) is 1. The number of carbonyl (C=O) groups is 3. The summed E-state index contributed by atoms with van der Waals surface area (Å²) in [5.41, 5.74) is -1.12. The number of methoxy groups -OCH3 is 1. The van der Waals surface area contributed by atoms with Crippen LogP contribution in [0, 0.1) is 5.92 Å². The number of rotatable bonds is 6. The second-order valence-corrected chi connectivity index (χ2v) is 5.55. The molecule has 0 amide bonds. The second kappa shape index (κ2) is 6.01. The van der Waals surface area contributed by atoms with Crippen LogP contribution in [0.15, 0.2) is 0 Å². The molecule has 112 valence electrons. The number of fused-ring (bicyclic) bond motifs is 1. The van der Waals surface area contributed by atoms with Crippen molar-refractivity contribution >= 4 is 18.0 Å². The van der Waals surface area contributed by atoms with E-state index in [2.05, 4.69) is 4.74 Å². The number of aliphatic hydroxyl groups is 1. The standard InChI is InChI=1S/C14H20O6/c1-19-12(17)5-3-2-4-9-6-10-13(18)11(16)7-14(10,8-15)20-9/h8-11,16H,2-7H2,1H3. The molecule has 4 unspecified atom stereocenters. The van der Waals surface area contributed by atoms with Crippen LogP contribution in [0.25, 0.3) is 0 Å². The minimum atomic E-state index is -1.12. The number of ether oxygens (including phenoxy) is 2. The first kappa shape index (κ1) is 15.1. The molecule has 4 atom stereocenters. The average Bonchev–Trinajstić information content (AvgIpc) is 2.91. The quantitative estimate of drug-likeness (QED) is 0.431. The van der Waals surface area contributed by atoms with Crippen LogP contribution in [0.1, 0.15) is 38.5 Å². The first-order chi connectivity index (χ1) is 9.52. The van der Waals surface area contributed by atoms with Crippen LogP contribution in [-0.2, 0) is 23.9 Å². The summed E-state index contributed by atoms with van der Waals surface area (Å²) in [6.07, 6.45) is 2.52. The summed E-state index contributed by atoms with van der Waals surface area (Å²) in [6.45, 7) is 0. The highest BCUT2D eigenvalue weighted by Crippen LogP contribution is 2.45. The first-order valence-corrected chi connectivity index (χ1v) is 6.95. The molecule has 1 saturated carbocycles. The highest BCUT2D eigenvalue weighted by molar-refractivity contribution is 5.94. The van der Waals surface area contributed by atoms with E-state index in [9.17, 15) is 19.5 Å². The molecule has 20 heavy (non-hydrogen) atoms. The van der Waals surface area contributed by atoms with Crippen LogP contribution in [-0.4, -0.2) is 48.1 Å². The molecule has 2 fully saturated rings. The maximum atomic E-state index is 11.8. The van der Waals surface area contributed by atoms with Crippen LogP contribution >= 0.6 is 0 Å². The van der Waals surface area contributed by atoms with Crippen molar-refractivity contribution in [1.29, 1.82) is 0 Å². The topological polar surface area (TPSA) is 89.9 Å². The van der Waals surface area contributed by atoms with Crippen molar-refractivity contribution in [3.8, 4) is 0 Å². The minimum absolute atomic E-state index is 0.0681. The van der Waals surface area contributed by atoms with Gasteiger partial charge in [0.25, 0.3) is 0 Å². The first-order valence-electron chi connectivity index (χ1n) is 6.95. The Morgan fingerprint density at radius 1 is 1.55 bits per heavy atom. The number of ketones is 1. The Hall–Kier alpha value is -1.27. The molecule has 0 spiro atoms. The Bertz CT molecular complexity index is 406. The number of hydrogen-bond donors (Lipinski definition) is 1. The van der Waals surface area contributed by atoms with Crippen molar-refractivity contribution < 1.29 is 29.0 Å². The molecule has 0 bridgehead atoms. The van der Waals surface area contributed by atoms with Crippen molar-refractivity contribution in [2.45, 2.75) is 56.3 Å². The monoisotopic (exact) mass is 284 g/mol. The van der Waals surface area contributed by atoms with Gasteiger partial charge >= 0.3 is 5.97 Å². The lowest BCUT2D eigenvalue weighted by Gasteiger charge is -2.21. The van der Waals surface area contributed by atoms with E-state index in [0.717, 1.165) is 6.42 Å². The zero-order valence-electron chi connectivity index (χ0n) is 11.5. The summed E-state index contributed by atoms with van der Waals surface area (Å²) in [7, 11) is 1.36. The van der Waals surface area contributed by atoms with Gasteiger partial charge < -0.3 is 19.4 Å². The highest BCUT2D eigenvalue weighted by atomic mass is 16.5. The summed E-state index contributed by atoms with van der Waals surface area (Å²) < 4.78 is 10.3. The number of esters is 1. The van der Waals surface area contributed by atoms with Crippen molar-refractivity contribution in [2.24, 2.45) is 5.92 Å². The number of hydrogen-bond acceptors (Lipinski definition) is 6. The van der Waals surface area contributed by atoms with Gasteiger partial charge in [0.05, 0.1) is 19.1 Å². The normalized spacial score (nSPS) is 35.9. The summed E-state index contributed by atoms with van der Waals surface area (Å²) in [6, 6.07) is 0. The summed E-state index contributed by atoms with van der Waals surface area (Å²) in [5, 5.41) is 9.55. The molecule has 0 aromatic heterocycles. The van der Waals surface area contributed by atoms with Gasteiger partial charge in [-0.1, -0.05) is 6.42 Å². The van der Waals surface area contributed by atoms with E-state index in [1.165, 1.54) is 7.11 Å². The van der Waals surface area contributed by atoms with Crippen LogP contribution in [0.3, 0.4) is 0 Å². The van der Waals surface area contributed by atoms with Crippen LogP contribution in [0.2, 0.25) is 0 Å². The molecular weight excluding hydrogens is 264 g/mol. The molecule has 0 aromatic carbocycles. The fourth-order valence-electron chi connectivity index (χ4n) is 3.16. The van der Waals surface area contributed by atoms with Gasteiger partial charge in [-0.15, -0.1) is 0 Å². The van der Waals surface area contributed by atoms with Crippen molar-refractivity contribution in [3.05, 3.63) is 0 Å². The molecule has 0 radical (unpaired) electrons. The van der Waals surface area contributed by atoms with E-state index < -0.39 is 17.6 Å². The Balaban J connectivity index is 1.82. The van der Waals surface area contributed by atoms with Crippen molar-refractivity contribution in [3.63, 3.8) is 0 Å². The van der Waals surface area contributed by atoms with Gasteiger partial charge in [0.2, 0.25) is 0 Å². The van der Waals surface area contributed by atoms with Gasteiger partial charge in [0, 0.05) is 12.8 Å². The number of aliphatic hydroxyl groups excluding tert-OH is 1. The third-order valence-electron chi connectivity index (χ3n) is 4.24. The van der Waals surface area contributed by atoms with Crippen LogP contribution in [0.5, 0.6) is 0 Å². The van der Waals surface area contributed by atoms with Crippen molar-refractivity contribution in [2.75, 3.05) is 7.11 Å². The molecule has 2 rings (SSSR count). The predicted molar refractivity (Wildman–Crippen MR) is 67.9 cm³/mol. The predicted octanol–water partition coefficient (Wildman–Crippen LogP) is 0.396. The fourth-order valence-corrected chi connectivity index (χ4v) is 3.16. The Kier molecular flexibility index (Phi) is 4.55. The van der Waals surface area contributed by atoms with Gasteiger partial charge in [-0.3, -0.25) is 9.59 Å². The minimum Gasteiger partial charge on any atom is -0.469 e. The SMILES string of the molecule is COC(=O)CCCCC1CC2C(=O)C(O)CC2(C=O)O1. The summed E-state index contributed by atoms with van der Waals surface area (Å²) in [5.74, 6) is -1.04. The average molecular weight is 284 g/mol. The third-order valence-corrected chi connectivity index (χ3v) is 4.24. The Morgan fingerprint density at radius 3 is 2.90 bits per heavy atom. The van der Waals surface area contributed by atoms with Crippen molar-refractivity contribution in [1.82, 2.24) is 0 Å². The van der Waals surface area contributed by atoms with Gasteiger partial charge in [0.1, 0.15) is 11.7 Å². The zero-order valence-corrected chi connectivity index (χ0v) is 11.5. The van der Waals surface area contributed by atoms with Crippen LogP contribution < -0.4 is 0 Å². The molecule has 1 heterocycles. The number of aldehydes is 1. The molecule has 1 aliphatic heterocycles. The zero-order chi connectivity index (χ0) is 14.8. The third kappa shape index (κ3) is 2.76. The lowest BCUT2D eigenvalue weighted by molar-refractivity contribution is -0.140. The molecule has 1 aliphatic carbocycles. The highest BCUT2D eigenvalue weighted by Gasteiger charge is 2.59. The lowest BCUT2D eigenvalue weighted by atomic mass is 9.90. The van der Waals surface area contributed by atoms with E-state index in [1.807, 2.05) is 0 Å². The summed E-state index contributed by atoms with van der Waals surface area (Å²) in [4.78, 5) is 34.0.